The summed E-state index contributed by atoms with van der Waals surface area (Å²) in [7, 11) is 1.35. The van der Waals surface area contributed by atoms with E-state index in [1.807, 2.05) is 43.3 Å². The predicted octanol–water partition coefficient (Wildman–Crippen LogP) is 3.39. The number of carbonyl (C=O) groups is 1. The summed E-state index contributed by atoms with van der Waals surface area (Å²) in [6.07, 6.45) is 1.76. The van der Waals surface area contributed by atoms with Gasteiger partial charge >= 0.3 is 5.97 Å². The van der Waals surface area contributed by atoms with Gasteiger partial charge < -0.3 is 4.74 Å². The molecular weight excluding hydrogens is 264 g/mol. The first kappa shape index (κ1) is 13.2. The molecule has 4 nitrogen and oxygen atoms in total. The topological polar surface area (TPSA) is 52.1 Å². The van der Waals surface area contributed by atoms with Gasteiger partial charge in [-0.15, -0.1) is 0 Å². The number of aromatic nitrogens is 2. The van der Waals surface area contributed by atoms with Crippen molar-refractivity contribution in [1.82, 2.24) is 9.97 Å². The lowest BCUT2D eigenvalue weighted by Gasteiger charge is -2.09. The summed E-state index contributed by atoms with van der Waals surface area (Å²) in [5, 5.41) is 0.973. The highest BCUT2D eigenvalue weighted by Crippen LogP contribution is 2.28. The van der Waals surface area contributed by atoms with E-state index in [1.54, 1.807) is 12.3 Å². The summed E-state index contributed by atoms with van der Waals surface area (Å²) in [6, 6.07) is 13.4. The number of esters is 1. The lowest BCUT2D eigenvalue weighted by Crippen LogP contribution is -2.04. The van der Waals surface area contributed by atoms with Gasteiger partial charge in [0.25, 0.3) is 0 Å². The Morgan fingerprint density at radius 3 is 2.67 bits per heavy atom. The minimum atomic E-state index is -0.431. The van der Waals surface area contributed by atoms with Crippen LogP contribution in [0.3, 0.4) is 0 Å². The number of aryl methyl sites for hydroxylation is 1. The fourth-order valence-electron chi connectivity index (χ4n) is 2.32. The van der Waals surface area contributed by atoms with E-state index in [0.717, 1.165) is 27.7 Å². The summed E-state index contributed by atoms with van der Waals surface area (Å²) in [5.74, 6) is -0.431. The van der Waals surface area contributed by atoms with Crippen LogP contribution in [0.1, 0.15) is 16.1 Å². The normalized spacial score (nSPS) is 10.6. The van der Waals surface area contributed by atoms with Crippen LogP contribution in [0, 0.1) is 6.92 Å². The first-order valence-corrected chi connectivity index (χ1v) is 6.61. The number of fused-ring (bicyclic) bond motifs is 1. The number of rotatable bonds is 2. The Morgan fingerprint density at radius 2 is 1.95 bits per heavy atom. The summed E-state index contributed by atoms with van der Waals surface area (Å²) < 4.78 is 4.73. The van der Waals surface area contributed by atoms with Gasteiger partial charge in [0.2, 0.25) is 0 Å². The Morgan fingerprint density at radius 1 is 1.10 bits per heavy atom. The van der Waals surface area contributed by atoms with E-state index in [2.05, 4.69) is 9.97 Å². The zero-order valence-corrected chi connectivity index (χ0v) is 11.8. The van der Waals surface area contributed by atoms with Crippen molar-refractivity contribution in [3.8, 4) is 11.3 Å². The number of nitrogens with zero attached hydrogens (tertiary/aromatic N) is 2. The zero-order chi connectivity index (χ0) is 14.8. The second-order valence-electron chi connectivity index (χ2n) is 4.73. The fraction of sp³-hybridized carbons (Fsp3) is 0.118. The molecule has 0 aliphatic heterocycles. The number of carbonyl (C=O) groups excluding carboxylic acids is 1. The molecule has 3 rings (SSSR count). The van der Waals surface area contributed by atoms with Gasteiger partial charge in [-0.2, -0.15) is 0 Å². The molecule has 0 spiro atoms. The van der Waals surface area contributed by atoms with Crippen molar-refractivity contribution in [3.05, 3.63) is 59.9 Å². The SMILES string of the molecule is COC(=O)c1ccc2c(-c3ccccn3)ccc(C)c2n1. The standard InChI is InChI=1S/C17H14N2O2/c1-11-6-7-12(14-5-3-4-10-18-14)13-8-9-15(17(20)21-2)19-16(11)13/h3-10H,1-2H3. The molecule has 0 atom stereocenters. The molecule has 0 aliphatic carbocycles. The average Bonchev–Trinajstić information content (AvgIpc) is 2.55. The highest BCUT2D eigenvalue weighted by Gasteiger charge is 2.12. The maximum atomic E-state index is 11.6. The van der Waals surface area contributed by atoms with E-state index in [9.17, 15) is 4.79 Å². The molecule has 0 bridgehead atoms. The number of benzene rings is 1. The van der Waals surface area contributed by atoms with Gasteiger partial charge in [0.15, 0.2) is 0 Å². The predicted molar refractivity (Wildman–Crippen MR) is 81.1 cm³/mol. The van der Waals surface area contributed by atoms with Gasteiger partial charge in [-0.25, -0.2) is 9.78 Å². The van der Waals surface area contributed by atoms with Crippen LogP contribution in [-0.4, -0.2) is 23.0 Å². The van der Waals surface area contributed by atoms with Crippen LogP contribution >= 0.6 is 0 Å². The Balaban J connectivity index is 2.25. The molecule has 0 fully saturated rings. The molecule has 21 heavy (non-hydrogen) atoms. The van der Waals surface area contributed by atoms with Gasteiger partial charge in [-0.05, 0) is 36.8 Å². The molecule has 0 saturated carbocycles. The molecule has 104 valence electrons. The average molecular weight is 278 g/mol. The van der Waals surface area contributed by atoms with Gasteiger partial charge in [-0.3, -0.25) is 4.98 Å². The molecule has 3 aromatic rings. The maximum Gasteiger partial charge on any atom is 0.356 e. The van der Waals surface area contributed by atoms with Crippen LogP contribution in [-0.2, 0) is 4.74 Å². The molecule has 0 N–H and O–H groups in total. The van der Waals surface area contributed by atoms with E-state index >= 15 is 0 Å². The molecule has 0 amide bonds. The van der Waals surface area contributed by atoms with E-state index in [-0.39, 0.29) is 0 Å². The number of pyridine rings is 2. The molecular formula is C17H14N2O2. The summed E-state index contributed by atoms with van der Waals surface area (Å²) >= 11 is 0. The number of hydrogen-bond acceptors (Lipinski definition) is 4. The third kappa shape index (κ3) is 2.36. The number of ether oxygens (including phenoxy) is 1. The highest BCUT2D eigenvalue weighted by atomic mass is 16.5. The summed E-state index contributed by atoms with van der Waals surface area (Å²) in [6.45, 7) is 1.97. The molecule has 1 aromatic carbocycles. The van der Waals surface area contributed by atoms with Crippen LogP contribution in [0.25, 0.3) is 22.2 Å². The van der Waals surface area contributed by atoms with Gasteiger partial charge in [0, 0.05) is 17.1 Å². The lowest BCUT2D eigenvalue weighted by molar-refractivity contribution is 0.0594. The van der Waals surface area contributed by atoms with Crippen molar-refractivity contribution in [3.63, 3.8) is 0 Å². The fourth-order valence-corrected chi connectivity index (χ4v) is 2.32. The minimum Gasteiger partial charge on any atom is -0.464 e. The quantitative estimate of drug-likeness (QED) is 0.674. The van der Waals surface area contributed by atoms with Gasteiger partial charge in [0.05, 0.1) is 18.3 Å². The molecule has 0 unspecified atom stereocenters. The van der Waals surface area contributed by atoms with E-state index < -0.39 is 5.97 Å². The maximum absolute atomic E-state index is 11.6. The van der Waals surface area contributed by atoms with Crippen LogP contribution < -0.4 is 0 Å². The summed E-state index contributed by atoms with van der Waals surface area (Å²) in [4.78, 5) is 20.4. The van der Waals surface area contributed by atoms with Crippen LogP contribution in [0.5, 0.6) is 0 Å². The first-order valence-electron chi connectivity index (χ1n) is 6.61. The molecule has 4 heteroatoms. The molecule has 0 radical (unpaired) electrons. The smallest absolute Gasteiger partial charge is 0.356 e. The van der Waals surface area contributed by atoms with Crippen LogP contribution in [0.4, 0.5) is 0 Å². The third-order valence-corrected chi connectivity index (χ3v) is 3.39. The van der Waals surface area contributed by atoms with Crippen LogP contribution in [0.15, 0.2) is 48.7 Å². The third-order valence-electron chi connectivity index (χ3n) is 3.39. The van der Waals surface area contributed by atoms with E-state index in [0.29, 0.717) is 5.69 Å². The van der Waals surface area contributed by atoms with Crippen molar-refractivity contribution in [1.29, 1.82) is 0 Å². The summed E-state index contributed by atoms with van der Waals surface area (Å²) in [5.41, 5.74) is 4.00. The molecule has 2 aromatic heterocycles. The molecule has 0 saturated heterocycles. The molecule has 2 heterocycles. The largest absolute Gasteiger partial charge is 0.464 e. The second-order valence-corrected chi connectivity index (χ2v) is 4.73. The Kier molecular flexibility index (Phi) is 3.36. The monoisotopic (exact) mass is 278 g/mol. The van der Waals surface area contributed by atoms with Crippen molar-refractivity contribution in [2.24, 2.45) is 0 Å². The number of hydrogen-bond donors (Lipinski definition) is 0. The van der Waals surface area contributed by atoms with Crippen molar-refractivity contribution < 1.29 is 9.53 Å². The lowest BCUT2D eigenvalue weighted by atomic mass is 10.0. The Labute approximate surface area is 122 Å². The first-order chi connectivity index (χ1) is 10.2. The van der Waals surface area contributed by atoms with Gasteiger partial charge in [-0.1, -0.05) is 18.2 Å². The Bertz CT molecular complexity index is 814. The second kappa shape index (κ2) is 5.32. The van der Waals surface area contributed by atoms with Crippen molar-refractivity contribution in [2.45, 2.75) is 6.92 Å². The van der Waals surface area contributed by atoms with Crippen molar-refractivity contribution >= 4 is 16.9 Å². The Hall–Kier alpha value is -2.75. The number of methoxy groups -OCH3 is 1. The van der Waals surface area contributed by atoms with E-state index in [1.165, 1.54) is 7.11 Å². The van der Waals surface area contributed by atoms with Crippen molar-refractivity contribution in [2.75, 3.05) is 7.11 Å². The zero-order valence-electron chi connectivity index (χ0n) is 11.8. The highest BCUT2D eigenvalue weighted by molar-refractivity contribution is 5.98. The van der Waals surface area contributed by atoms with Gasteiger partial charge in [0.1, 0.15) is 5.69 Å². The molecule has 0 aliphatic rings. The minimum absolute atomic E-state index is 0.311. The van der Waals surface area contributed by atoms with E-state index in [4.69, 9.17) is 4.74 Å². The van der Waals surface area contributed by atoms with Crippen LogP contribution in [0.2, 0.25) is 0 Å².